The molecule has 10 heteroatoms. The number of nitrogens with zero attached hydrogens (tertiary/aromatic N) is 2. The summed E-state index contributed by atoms with van der Waals surface area (Å²) in [6.07, 6.45) is -10.2. The molecule has 0 aliphatic carbocycles. The van der Waals surface area contributed by atoms with Crippen molar-refractivity contribution in [3.63, 3.8) is 0 Å². The summed E-state index contributed by atoms with van der Waals surface area (Å²) in [4.78, 5) is 10.5. The van der Waals surface area contributed by atoms with Crippen molar-refractivity contribution in [3.05, 3.63) is 17.5 Å². The van der Waals surface area contributed by atoms with Crippen molar-refractivity contribution in [1.82, 2.24) is 9.78 Å². The first-order valence-corrected chi connectivity index (χ1v) is 4.41. The van der Waals surface area contributed by atoms with Crippen LogP contribution < -0.4 is 0 Å². The number of aromatic nitrogens is 2. The summed E-state index contributed by atoms with van der Waals surface area (Å²) in [6, 6.07) is -2.09. The van der Waals surface area contributed by atoms with Gasteiger partial charge in [0.1, 0.15) is 11.7 Å². The SMILES string of the molecule is CC(C(=O)O)n1nc(C(F)(F)F)cc1C(F)(F)F. The molecule has 1 aromatic rings. The molecule has 102 valence electrons. The first-order chi connectivity index (χ1) is 7.94. The van der Waals surface area contributed by atoms with Gasteiger partial charge in [0.15, 0.2) is 5.69 Å². The molecule has 1 atom stereocenters. The molecule has 0 aliphatic rings. The molecule has 0 radical (unpaired) electrons. The van der Waals surface area contributed by atoms with Crippen LogP contribution in [0.1, 0.15) is 24.4 Å². The molecule has 0 saturated carbocycles. The van der Waals surface area contributed by atoms with E-state index in [1.54, 1.807) is 0 Å². The molecular weight excluding hydrogens is 270 g/mol. The van der Waals surface area contributed by atoms with Crippen LogP contribution in [-0.2, 0) is 17.1 Å². The van der Waals surface area contributed by atoms with Crippen molar-refractivity contribution in [2.75, 3.05) is 0 Å². The summed E-state index contributed by atoms with van der Waals surface area (Å²) < 4.78 is 73.9. The summed E-state index contributed by atoms with van der Waals surface area (Å²) in [5, 5.41) is 11.2. The average molecular weight is 276 g/mol. The third-order valence-electron chi connectivity index (χ3n) is 2.04. The van der Waals surface area contributed by atoms with Crippen LogP contribution in [0.5, 0.6) is 0 Å². The zero-order chi connectivity index (χ0) is 14.3. The fourth-order valence-corrected chi connectivity index (χ4v) is 1.14. The van der Waals surface area contributed by atoms with Gasteiger partial charge >= 0.3 is 18.3 Å². The van der Waals surface area contributed by atoms with Crippen molar-refractivity contribution >= 4 is 5.97 Å². The minimum Gasteiger partial charge on any atom is -0.480 e. The van der Waals surface area contributed by atoms with Crippen molar-refractivity contribution in [2.45, 2.75) is 25.3 Å². The number of halogens is 6. The maximum absolute atomic E-state index is 12.5. The predicted molar refractivity (Wildman–Crippen MR) is 44.6 cm³/mol. The molecule has 1 unspecified atom stereocenters. The molecule has 1 rings (SSSR count). The van der Waals surface area contributed by atoms with Gasteiger partial charge in [0.2, 0.25) is 0 Å². The molecule has 1 aromatic heterocycles. The fourth-order valence-electron chi connectivity index (χ4n) is 1.14. The lowest BCUT2D eigenvalue weighted by atomic mass is 10.3. The Morgan fingerprint density at radius 2 is 1.78 bits per heavy atom. The van der Waals surface area contributed by atoms with E-state index < -0.39 is 35.8 Å². The van der Waals surface area contributed by atoms with Gasteiger partial charge in [0.05, 0.1) is 0 Å². The minimum atomic E-state index is -5.12. The molecule has 0 spiro atoms. The highest BCUT2D eigenvalue weighted by molar-refractivity contribution is 5.71. The van der Waals surface area contributed by atoms with E-state index in [2.05, 4.69) is 5.10 Å². The van der Waals surface area contributed by atoms with Crippen LogP contribution in [0.3, 0.4) is 0 Å². The zero-order valence-electron chi connectivity index (χ0n) is 8.67. The number of alkyl halides is 6. The Labute approximate surface area is 95.8 Å². The first-order valence-electron chi connectivity index (χ1n) is 4.41. The number of rotatable bonds is 2. The van der Waals surface area contributed by atoms with Crippen LogP contribution in [0.2, 0.25) is 0 Å². The summed E-state index contributed by atoms with van der Waals surface area (Å²) in [5.41, 5.74) is -3.55. The molecule has 0 saturated heterocycles. The van der Waals surface area contributed by atoms with Gasteiger partial charge in [-0.15, -0.1) is 0 Å². The van der Waals surface area contributed by atoms with Crippen molar-refractivity contribution in [2.24, 2.45) is 0 Å². The summed E-state index contributed by atoms with van der Waals surface area (Å²) in [6.45, 7) is 0.796. The average Bonchev–Trinajstić information content (AvgIpc) is 2.58. The van der Waals surface area contributed by atoms with Gasteiger partial charge in [-0.3, -0.25) is 0 Å². The van der Waals surface area contributed by atoms with E-state index in [0.717, 1.165) is 6.92 Å². The molecule has 0 bridgehead atoms. The van der Waals surface area contributed by atoms with Crippen LogP contribution >= 0.6 is 0 Å². The molecule has 4 nitrogen and oxygen atoms in total. The van der Waals surface area contributed by atoms with Gasteiger partial charge in [0, 0.05) is 6.07 Å². The fraction of sp³-hybridized carbons (Fsp3) is 0.500. The third-order valence-corrected chi connectivity index (χ3v) is 2.04. The van der Waals surface area contributed by atoms with Crippen LogP contribution in [-0.4, -0.2) is 20.9 Å². The summed E-state index contributed by atoms with van der Waals surface area (Å²) >= 11 is 0. The maximum Gasteiger partial charge on any atom is 0.435 e. The molecule has 1 N–H and O–H groups in total. The highest BCUT2D eigenvalue weighted by atomic mass is 19.4. The Morgan fingerprint density at radius 3 is 2.11 bits per heavy atom. The number of carbonyl (C=O) groups is 1. The maximum atomic E-state index is 12.5. The molecule has 1 heterocycles. The second-order valence-electron chi connectivity index (χ2n) is 3.37. The second-order valence-corrected chi connectivity index (χ2v) is 3.37. The highest BCUT2D eigenvalue weighted by Crippen LogP contribution is 2.36. The van der Waals surface area contributed by atoms with Gasteiger partial charge in [0.25, 0.3) is 0 Å². The summed E-state index contributed by atoms with van der Waals surface area (Å²) in [7, 11) is 0. The van der Waals surface area contributed by atoms with Crippen molar-refractivity contribution < 1.29 is 36.2 Å². The number of carboxylic acid groups (broad SMARTS) is 1. The largest absolute Gasteiger partial charge is 0.480 e. The Kier molecular flexibility index (Phi) is 3.32. The van der Waals surface area contributed by atoms with Crippen molar-refractivity contribution in [1.29, 1.82) is 0 Å². The van der Waals surface area contributed by atoms with E-state index in [4.69, 9.17) is 5.11 Å². The van der Waals surface area contributed by atoms with Gasteiger partial charge in [-0.25, -0.2) is 9.48 Å². The van der Waals surface area contributed by atoms with Gasteiger partial charge in [-0.1, -0.05) is 0 Å². The smallest absolute Gasteiger partial charge is 0.435 e. The van der Waals surface area contributed by atoms with Crippen LogP contribution in [0.4, 0.5) is 26.3 Å². The van der Waals surface area contributed by atoms with E-state index in [9.17, 15) is 31.1 Å². The Bertz CT molecular complexity index is 461. The Balaban J connectivity index is 3.40. The third kappa shape index (κ3) is 2.74. The van der Waals surface area contributed by atoms with Crippen molar-refractivity contribution in [3.8, 4) is 0 Å². The number of hydrogen-bond acceptors (Lipinski definition) is 2. The second kappa shape index (κ2) is 4.18. The predicted octanol–water partition coefficient (Wildman–Crippen LogP) is 2.57. The van der Waals surface area contributed by atoms with Gasteiger partial charge in [-0.05, 0) is 6.92 Å². The molecule has 0 amide bonds. The van der Waals surface area contributed by atoms with Gasteiger partial charge < -0.3 is 5.11 Å². The number of hydrogen-bond donors (Lipinski definition) is 1. The van der Waals surface area contributed by atoms with E-state index in [-0.39, 0.29) is 10.7 Å². The quantitative estimate of drug-likeness (QED) is 0.844. The minimum absolute atomic E-state index is 0.203. The standard InChI is InChI=1S/C8H6F6N2O2/c1-3(6(17)18)16-5(8(12,13)14)2-4(15-16)7(9,10)11/h2-3H,1H3,(H,17,18). The first kappa shape index (κ1) is 14.3. The van der Waals surface area contributed by atoms with E-state index in [0.29, 0.717) is 0 Å². The van der Waals surface area contributed by atoms with Crippen LogP contribution in [0, 0.1) is 0 Å². The number of aliphatic carboxylic acids is 1. The Hall–Kier alpha value is -1.74. The number of carboxylic acids is 1. The molecule has 18 heavy (non-hydrogen) atoms. The van der Waals surface area contributed by atoms with Gasteiger partial charge in [-0.2, -0.15) is 31.4 Å². The van der Waals surface area contributed by atoms with E-state index >= 15 is 0 Å². The summed E-state index contributed by atoms with van der Waals surface area (Å²) in [5.74, 6) is -1.72. The van der Waals surface area contributed by atoms with E-state index in [1.165, 1.54) is 0 Å². The molecule has 0 aromatic carbocycles. The zero-order valence-corrected chi connectivity index (χ0v) is 8.67. The lowest BCUT2D eigenvalue weighted by Gasteiger charge is -2.13. The topological polar surface area (TPSA) is 55.1 Å². The monoisotopic (exact) mass is 276 g/mol. The molecule has 0 fully saturated rings. The Morgan fingerprint density at radius 1 is 1.28 bits per heavy atom. The lowest BCUT2D eigenvalue weighted by Crippen LogP contribution is -2.23. The molecular formula is C8H6F6N2O2. The van der Waals surface area contributed by atoms with E-state index in [1.807, 2.05) is 0 Å². The van der Waals surface area contributed by atoms with Crippen LogP contribution in [0.15, 0.2) is 6.07 Å². The lowest BCUT2D eigenvalue weighted by molar-refractivity contribution is -0.149. The normalized spacial score (nSPS) is 14.6. The van der Waals surface area contributed by atoms with Crippen LogP contribution in [0.25, 0.3) is 0 Å². The molecule has 0 aliphatic heterocycles. The highest BCUT2D eigenvalue weighted by Gasteiger charge is 2.43.